The van der Waals surface area contributed by atoms with Crippen molar-refractivity contribution in [1.82, 2.24) is 19.5 Å². The summed E-state index contributed by atoms with van der Waals surface area (Å²) in [4.78, 5) is 18.4. The summed E-state index contributed by atoms with van der Waals surface area (Å²) in [5, 5.41) is 7.15. The average Bonchev–Trinajstić information content (AvgIpc) is 3.08. The van der Waals surface area contributed by atoms with Crippen molar-refractivity contribution in [3.63, 3.8) is 0 Å². The van der Waals surface area contributed by atoms with Crippen molar-refractivity contribution >= 4 is 23.2 Å². The third kappa shape index (κ3) is 5.00. The molecule has 0 saturated carbocycles. The third-order valence-electron chi connectivity index (χ3n) is 4.40. The lowest BCUT2D eigenvalue weighted by molar-refractivity contribution is -0.153. The van der Waals surface area contributed by atoms with Gasteiger partial charge in [-0.15, -0.1) is 5.10 Å². The number of alkyl halides is 3. The van der Waals surface area contributed by atoms with Gasteiger partial charge in [0.15, 0.2) is 12.3 Å². The molecule has 7 nitrogen and oxygen atoms in total. The molecular formula is C20H22F3N5O2. The van der Waals surface area contributed by atoms with Crippen molar-refractivity contribution in [2.45, 2.75) is 26.9 Å². The zero-order chi connectivity index (χ0) is 21.9. The van der Waals surface area contributed by atoms with Crippen LogP contribution in [0.2, 0.25) is 0 Å². The predicted octanol–water partition coefficient (Wildman–Crippen LogP) is 4.20. The van der Waals surface area contributed by atoms with E-state index in [-0.39, 0.29) is 28.9 Å². The summed E-state index contributed by atoms with van der Waals surface area (Å²) in [5.41, 5.74) is 2.02. The average molecular weight is 421 g/mol. The van der Waals surface area contributed by atoms with Gasteiger partial charge in [-0.25, -0.2) is 4.52 Å². The molecule has 1 N–H and O–H groups in total. The minimum Gasteiger partial charge on any atom is -0.482 e. The SMILES string of the molecule is CCN(CC)C(=O)c1ccc(Nc2nc3ccc(C)cn3n2)c(OCC(F)(F)F)c1. The van der Waals surface area contributed by atoms with Crippen LogP contribution < -0.4 is 10.1 Å². The van der Waals surface area contributed by atoms with Gasteiger partial charge in [-0.2, -0.15) is 18.2 Å². The first-order valence-corrected chi connectivity index (χ1v) is 9.43. The van der Waals surface area contributed by atoms with Crippen LogP contribution in [0, 0.1) is 6.92 Å². The number of halogens is 3. The van der Waals surface area contributed by atoms with Gasteiger partial charge in [-0.3, -0.25) is 4.79 Å². The number of pyridine rings is 1. The lowest BCUT2D eigenvalue weighted by Crippen LogP contribution is -2.30. The fraction of sp³-hybridized carbons (Fsp3) is 0.350. The summed E-state index contributed by atoms with van der Waals surface area (Å²) < 4.78 is 44.7. The van der Waals surface area contributed by atoms with Crippen LogP contribution in [0.5, 0.6) is 5.75 Å². The van der Waals surface area contributed by atoms with E-state index in [1.807, 2.05) is 26.8 Å². The number of carbonyl (C=O) groups is 1. The second-order valence-corrected chi connectivity index (χ2v) is 6.66. The van der Waals surface area contributed by atoms with E-state index in [0.717, 1.165) is 5.56 Å². The van der Waals surface area contributed by atoms with E-state index in [1.165, 1.54) is 18.2 Å². The summed E-state index contributed by atoms with van der Waals surface area (Å²) in [7, 11) is 0. The van der Waals surface area contributed by atoms with Gasteiger partial charge in [0, 0.05) is 24.8 Å². The molecule has 10 heteroatoms. The highest BCUT2D eigenvalue weighted by atomic mass is 19.4. The first-order valence-electron chi connectivity index (χ1n) is 9.43. The van der Waals surface area contributed by atoms with Crippen LogP contribution in [0.25, 0.3) is 5.65 Å². The Bertz CT molecular complexity index is 1040. The number of nitrogens with zero attached hydrogens (tertiary/aromatic N) is 4. The van der Waals surface area contributed by atoms with Crippen LogP contribution >= 0.6 is 0 Å². The number of aryl methyl sites for hydroxylation is 1. The molecule has 0 unspecified atom stereocenters. The number of fused-ring (bicyclic) bond motifs is 1. The van der Waals surface area contributed by atoms with E-state index in [1.54, 1.807) is 21.7 Å². The number of benzene rings is 1. The molecule has 1 aromatic carbocycles. The van der Waals surface area contributed by atoms with Crippen molar-refractivity contribution in [2.75, 3.05) is 25.0 Å². The zero-order valence-corrected chi connectivity index (χ0v) is 16.8. The van der Waals surface area contributed by atoms with Gasteiger partial charge in [-0.1, -0.05) is 6.07 Å². The lowest BCUT2D eigenvalue weighted by atomic mass is 10.1. The molecule has 0 bridgehead atoms. The molecule has 3 rings (SSSR count). The maximum absolute atomic E-state index is 12.7. The Hall–Kier alpha value is -3.30. The number of hydrogen-bond acceptors (Lipinski definition) is 5. The molecule has 160 valence electrons. The van der Waals surface area contributed by atoms with Crippen molar-refractivity contribution in [2.24, 2.45) is 0 Å². The van der Waals surface area contributed by atoms with Crippen molar-refractivity contribution in [3.8, 4) is 5.75 Å². The molecule has 30 heavy (non-hydrogen) atoms. The normalized spacial score (nSPS) is 11.5. The fourth-order valence-electron chi connectivity index (χ4n) is 2.89. The molecule has 2 heterocycles. The van der Waals surface area contributed by atoms with Crippen LogP contribution in [0.1, 0.15) is 29.8 Å². The summed E-state index contributed by atoms with van der Waals surface area (Å²) >= 11 is 0. The molecule has 0 aliphatic heterocycles. The van der Waals surface area contributed by atoms with Crippen LogP contribution in [0.4, 0.5) is 24.8 Å². The number of ether oxygens (including phenoxy) is 1. The quantitative estimate of drug-likeness (QED) is 0.619. The van der Waals surface area contributed by atoms with Gasteiger partial charge in [0.1, 0.15) is 5.75 Å². The Morgan fingerprint density at radius 1 is 1.20 bits per heavy atom. The molecule has 2 aromatic heterocycles. The van der Waals surface area contributed by atoms with Gasteiger partial charge < -0.3 is 15.0 Å². The summed E-state index contributed by atoms with van der Waals surface area (Å²) in [6.45, 7) is 5.05. The van der Waals surface area contributed by atoms with E-state index in [9.17, 15) is 18.0 Å². The number of rotatable bonds is 7. The summed E-state index contributed by atoms with van der Waals surface area (Å²) in [6, 6.07) is 7.97. The van der Waals surface area contributed by atoms with Crippen LogP contribution in [-0.4, -0.2) is 51.3 Å². The maximum Gasteiger partial charge on any atom is 0.422 e. The van der Waals surface area contributed by atoms with Crippen molar-refractivity contribution in [3.05, 3.63) is 47.7 Å². The number of hydrogen-bond donors (Lipinski definition) is 1. The van der Waals surface area contributed by atoms with E-state index >= 15 is 0 Å². The first-order chi connectivity index (χ1) is 14.2. The summed E-state index contributed by atoms with van der Waals surface area (Å²) in [5.74, 6) is -0.203. The van der Waals surface area contributed by atoms with Gasteiger partial charge in [0.25, 0.3) is 5.91 Å². The van der Waals surface area contributed by atoms with Gasteiger partial charge in [-0.05, 0) is 50.6 Å². The molecule has 0 aliphatic carbocycles. The van der Waals surface area contributed by atoms with Gasteiger partial charge >= 0.3 is 6.18 Å². The highest BCUT2D eigenvalue weighted by Gasteiger charge is 2.29. The maximum atomic E-state index is 12.7. The molecular weight excluding hydrogens is 399 g/mol. The highest BCUT2D eigenvalue weighted by Crippen LogP contribution is 2.30. The standard InChI is InChI=1S/C20H22F3N5O2/c1-4-27(5-2)18(29)14-7-8-15(16(10-14)30-12-20(21,22)23)24-19-25-17-9-6-13(3)11-28(17)26-19/h6-11H,4-5,12H2,1-3H3,(H,24,26). The molecule has 3 aromatic rings. The Balaban J connectivity index is 1.93. The molecule has 0 atom stereocenters. The van der Waals surface area contributed by atoms with Gasteiger partial charge in [0.2, 0.25) is 5.95 Å². The first kappa shape index (κ1) is 21.4. The smallest absolute Gasteiger partial charge is 0.422 e. The number of amides is 1. The molecule has 1 amide bonds. The Labute approximate surface area is 171 Å². The number of carbonyl (C=O) groups excluding carboxylic acids is 1. The molecule has 0 spiro atoms. The number of anilines is 2. The van der Waals surface area contributed by atoms with Crippen LogP contribution in [0.15, 0.2) is 36.5 Å². The van der Waals surface area contributed by atoms with E-state index in [0.29, 0.717) is 18.7 Å². The van der Waals surface area contributed by atoms with E-state index in [4.69, 9.17) is 4.74 Å². The topological polar surface area (TPSA) is 71.8 Å². The van der Waals surface area contributed by atoms with E-state index < -0.39 is 12.8 Å². The third-order valence-corrected chi connectivity index (χ3v) is 4.40. The van der Waals surface area contributed by atoms with Crippen molar-refractivity contribution in [1.29, 1.82) is 0 Å². The van der Waals surface area contributed by atoms with Crippen LogP contribution in [-0.2, 0) is 0 Å². The Kier molecular flexibility index (Phi) is 6.14. The Morgan fingerprint density at radius 3 is 2.60 bits per heavy atom. The van der Waals surface area contributed by atoms with Crippen LogP contribution in [0.3, 0.4) is 0 Å². The Morgan fingerprint density at radius 2 is 1.93 bits per heavy atom. The predicted molar refractivity (Wildman–Crippen MR) is 106 cm³/mol. The molecule has 0 radical (unpaired) electrons. The summed E-state index contributed by atoms with van der Waals surface area (Å²) in [6.07, 6.45) is -2.74. The molecule has 0 fully saturated rings. The van der Waals surface area contributed by atoms with Gasteiger partial charge in [0.05, 0.1) is 5.69 Å². The second kappa shape index (κ2) is 8.60. The number of nitrogens with one attached hydrogen (secondary N) is 1. The highest BCUT2D eigenvalue weighted by molar-refractivity contribution is 5.95. The monoisotopic (exact) mass is 421 g/mol. The fourth-order valence-corrected chi connectivity index (χ4v) is 2.89. The minimum absolute atomic E-state index is 0.111. The largest absolute Gasteiger partial charge is 0.482 e. The van der Waals surface area contributed by atoms with E-state index in [2.05, 4.69) is 15.4 Å². The molecule has 0 aliphatic rings. The molecule has 0 saturated heterocycles. The second-order valence-electron chi connectivity index (χ2n) is 6.66. The number of aromatic nitrogens is 3. The zero-order valence-electron chi connectivity index (χ0n) is 16.8. The lowest BCUT2D eigenvalue weighted by Gasteiger charge is -2.20. The minimum atomic E-state index is -4.52. The van der Waals surface area contributed by atoms with Crippen molar-refractivity contribution < 1.29 is 22.7 Å².